The number of amides is 1. The quantitative estimate of drug-likeness (QED) is 0.748. The predicted molar refractivity (Wildman–Crippen MR) is 109 cm³/mol. The largest absolute Gasteiger partial charge is 0.352 e. The van der Waals surface area contributed by atoms with Crippen LogP contribution < -0.4 is 9.62 Å². The van der Waals surface area contributed by atoms with Crippen molar-refractivity contribution in [3.63, 3.8) is 0 Å². The van der Waals surface area contributed by atoms with E-state index < -0.39 is 10.0 Å². The van der Waals surface area contributed by atoms with Gasteiger partial charge in [0.2, 0.25) is 5.91 Å². The molecule has 1 N–H and O–H groups in total. The van der Waals surface area contributed by atoms with Crippen molar-refractivity contribution in [2.45, 2.75) is 51.5 Å². The average molecular weight is 389 g/mol. The molecular weight excluding hydrogens is 360 g/mol. The summed E-state index contributed by atoms with van der Waals surface area (Å²) in [6, 6.07) is 13.6. The SMILES string of the molecule is CCCC(C)NC(=O)CN(c1ccc(C)c(C)c1)S(=O)(=O)c1ccccc1. The first kappa shape index (κ1) is 21.0. The molecule has 1 amide bonds. The first-order valence-corrected chi connectivity index (χ1v) is 10.6. The fourth-order valence-electron chi connectivity index (χ4n) is 2.87. The van der Waals surface area contributed by atoms with E-state index in [9.17, 15) is 13.2 Å². The number of sulfonamides is 1. The number of nitrogens with zero attached hydrogens (tertiary/aromatic N) is 1. The molecule has 0 bridgehead atoms. The lowest BCUT2D eigenvalue weighted by molar-refractivity contribution is -0.120. The number of carbonyl (C=O) groups is 1. The summed E-state index contributed by atoms with van der Waals surface area (Å²) in [4.78, 5) is 12.7. The van der Waals surface area contributed by atoms with Crippen LogP contribution in [0, 0.1) is 13.8 Å². The summed E-state index contributed by atoms with van der Waals surface area (Å²) in [5, 5.41) is 2.89. The highest BCUT2D eigenvalue weighted by Crippen LogP contribution is 2.25. The van der Waals surface area contributed by atoms with Gasteiger partial charge in [-0.05, 0) is 62.6 Å². The second kappa shape index (κ2) is 9.04. The highest BCUT2D eigenvalue weighted by molar-refractivity contribution is 7.92. The molecule has 0 radical (unpaired) electrons. The molecule has 5 nitrogen and oxygen atoms in total. The van der Waals surface area contributed by atoms with Crippen molar-refractivity contribution < 1.29 is 13.2 Å². The molecule has 0 aliphatic rings. The van der Waals surface area contributed by atoms with Gasteiger partial charge in [0, 0.05) is 6.04 Å². The molecule has 0 saturated heterocycles. The van der Waals surface area contributed by atoms with Crippen LogP contribution >= 0.6 is 0 Å². The molecule has 146 valence electrons. The number of hydrogen-bond donors (Lipinski definition) is 1. The molecule has 27 heavy (non-hydrogen) atoms. The van der Waals surface area contributed by atoms with Crippen LogP contribution in [0.25, 0.3) is 0 Å². The highest BCUT2D eigenvalue weighted by atomic mass is 32.2. The summed E-state index contributed by atoms with van der Waals surface area (Å²) in [7, 11) is -3.85. The Balaban J connectivity index is 2.40. The number of rotatable bonds is 8. The topological polar surface area (TPSA) is 66.5 Å². The van der Waals surface area contributed by atoms with Crippen molar-refractivity contribution in [1.29, 1.82) is 0 Å². The maximum absolute atomic E-state index is 13.2. The lowest BCUT2D eigenvalue weighted by atomic mass is 10.1. The van der Waals surface area contributed by atoms with Crippen molar-refractivity contribution in [1.82, 2.24) is 5.32 Å². The molecule has 1 atom stereocenters. The second-order valence-electron chi connectivity index (χ2n) is 6.85. The van der Waals surface area contributed by atoms with Crippen LogP contribution in [-0.4, -0.2) is 26.9 Å². The Hall–Kier alpha value is -2.34. The normalized spacial score (nSPS) is 12.4. The summed E-state index contributed by atoms with van der Waals surface area (Å²) in [5.74, 6) is -0.311. The van der Waals surface area contributed by atoms with Crippen LogP contribution in [0.3, 0.4) is 0 Å². The molecule has 0 spiro atoms. The molecule has 2 aromatic carbocycles. The van der Waals surface area contributed by atoms with Gasteiger partial charge >= 0.3 is 0 Å². The maximum Gasteiger partial charge on any atom is 0.264 e. The third kappa shape index (κ3) is 5.32. The van der Waals surface area contributed by atoms with E-state index in [1.54, 1.807) is 42.5 Å². The van der Waals surface area contributed by atoms with Crippen LogP contribution in [0.5, 0.6) is 0 Å². The molecule has 0 fully saturated rings. The van der Waals surface area contributed by atoms with E-state index in [0.29, 0.717) is 5.69 Å². The highest BCUT2D eigenvalue weighted by Gasteiger charge is 2.27. The van der Waals surface area contributed by atoms with Gasteiger partial charge in [-0.25, -0.2) is 8.42 Å². The molecule has 0 aromatic heterocycles. The van der Waals surface area contributed by atoms with Crippen molar-refractivity contribution in [2.24, 2.45) is 0 Å². The molecule has 6 heteroatoms. The minimum atomic E-state index is -3.85. The van der Waals surface area contributed by atoms with Crippen molar-refractivity contribution in [3.05, 3.63) is 59.7 Å². The van der Waals surface area contributed by atoms with Gasteiger partial charge in [-0.15, -0.1) is 0 Å². The first-order valence-electron chi connectivity index (χ1n) is 9.20. The Morgan fingerprint density at radius 2 is 1.74 bits per heavy atom. The van der Waals surface area contributed by atoms with E-state index in [1.165, 1.54) is 4.31 Å². The first-order chi connectivity index (χ1) is 12.8. The van der Waals surface area contributed by atoms with Crippen LogP contribution in [-0.2, 0) is 14.8 Å². The number of benzene rings is 2. The van der Waals surface area contributed by atoms with E-state index in [-0.39, 0.29) is 23.4 Å². The lowest BCUT2D eigenvalue weighted by Gasteiger charge is -2.25. The molecule has 1 unspecified atom stereocenters. The lowest BCUT2D eigenvalue weighted by Crippen LogP contribution is -2.43. The minimum Gasteiger partial charge on any atom is -0.352 e. The van der Waals surface area contributed by atoms with Gasteiger partial charge in [0.05, 0.1) is 10.6 Å². The van der Waals surface area contributed by atoms with Crippen LogP contribution in [0.2, 0.25) is 0 Å². The third-order valence-corrected chi connectivity index (χ3v) is 6.31. The van der Waals surface area contributed by atoms with Gasteiger partial charge in [-0.3, -0.25) is 9.10 Å². The molecule has 0 heterocycles. The Morgan fingerprint density at radius 3 is 2.33 bits per heavy atom. The Kier molecular flexibility index (Phi) is 7.02. The zero-order chi connectivity index (χ0) is 20.0. The standard InChI is InChI=1S/C21H28N2O3S/c1-5-9-18(4)22-21(24)15-23(19-13-12-16(2)17(3)14-19)27(25,26)20-10-7-6-8-11-20/h6-8,10-14,18H,5,9,15H2,1-4H3,(H,22,24). The zero-order valence-electron chi connectivity index (χ0n) is 16.4. The van der Waals surface area contributed by atoms with Crippen molar-refractivity contribution in [3.8, 4) is 0 Å². The zero-order valence-corrected chi connectivity index (χ0v) is 17.2. The Labute approximate surface area is 162 Å². The number of anilines is 1. The van der Waals surface area contributed by atoms with Crippen LogP contribution in [0.15, 0.2) is 53.4 Å². The minimum absolute atomic E-state index is 0.00327. The van der Waals surface area contributed by atoms with E-state index in [4.69, 9.17) is 0 Å². The van der Waals surface area contributed by atoms with Gasteiger partial charge in [-0.1, -0.05) is 37.6 Å². The molecular formula is C21H28N2O3S. The number of hydrogen-bond acceptors (Lipinski definition) is 3. The molecule has 2 aromatic rings. The molecule has 2 rings (SSSR count). The monoisotopic (exact) mass is 388 g/mol. The third-order valence-electron chi connectivity index (χ3n) is 4.53. The summed E-state index contributed by atoms with van der Waals surface area (Å²) >= 11 is 0. The van der Waals surface area contributed by atoms with Crippen molar-refractivity contribution in [2.75, 3.05) is 10.8 Å². The van der Waals surface area contributed by atoms with E-state index in [1.807, 2.05) is 33.8 Å². The molecule has 0 saturated carbocycles. The summed E-state index contributed by atoms with van der Waals surface area (Å²) < 4.78 is 27.6. The van der Waals surface area contributed by atoms with Gasteiger partial charge in [0.25, 0.3) is 10.0 Å². The summed E-state index contributed by atoms with van der Waals surface area (Å²) in [6.45, 7) is 7.61. The summed E-state index contributed by atoms with van der Waals surface area (Å²) in [5.41, 5.74) is 2.53. The van der Waals surface area contributed by atoms with Gasteiger partial charge in [-0.2, -0.15) is 0 Å². The number of nitrogens with one attached hydrogen (secondary N) is 1. The van der Waals surface area contributed by atoms with E-state index >= 15 is 0 Å². The van der Waals surface area contributed by atoms with Crippen LogP contribution in [0.1, 0.15) is 37.8 Å². The smallest absolute Gasteiger partial charge is 0.264 e. The predicted octanol–water partition coefficient (Wildman–Crippen LogP) is 3.80. The maximum atomic E-state index is 13.2. The van der Waals surface area contributed by atoms with Gasteiger partial charge in [0.15, 0.2) is 0 Å². The summed E-state index contributed by atoms with van der Waals surface area (Å²) in [6.07, 6.45) is 1.80. The van der Waals surface area contributed by atoms with E-state index in [2.05, 4.69) is 5.32 Å². The second-order valence-corrected chi connectivity index (χ2v) is 8.71. The van der Waals surface area contributed by atoms with Crippen LogP contribution in [0.4, 0.5) is 5.69 Å². The number of aryl methyl sites for hydroxylation is 2. The Morgan fingerprint density at radius 1 is 1.07 bits per heavy atom. The fraction of sp³-hybridized carbons (Fsp3) is 0.381. The van der Waals surface area contributed by atoms with Gasteiger partial charge < -0.3 is 5.32 Å². The Bertz CT molecular complexity index is 880. The average Bonchev–Trinajstić information content (AvgIpc) is 2.63. The molecule has 0 aliphatic carbocycles. The number of carbonyl (C=O) groups excluding carboxylic acids is 1. The fourth-order valence-corrected chi connectivity index (χ4v) is 4.31. The van der Waals surface area contributed by atoms with Gasteiger partial charge in [0.1, 0.15) is 6.54 Å². The van der Waals surface area contributed by atoms with Crippen molar-refractivity contribution >= 4 is 21.6 Å². The molecule has 0 aliphatic heterocycles. The van der Waals surface area contributed by atoms with E-state index in [0.717, 1.165) is 24.0 Å².